The minimum Gasteiger partial charge on any atom is -0.487 e. The van der Waals surface area contributed by atoms with Crippen molar-refractivity contribution < 1.29 is 4.74 Å². The van der Waals surface area contributed by atoms with Gasteiger partial charge in [0.05, 0.1) is 0 Å². The maximum Gasteiger partial charge on any atom is 0.123 e. The lowest BCUT2D eigenvalue weighted by Crippen LogP contribution is -2.24. The molecule has 0 spiro atoms. The van der Waals surface area contributed by atoms with Gasteiger partial charge < -0.3 is 10.5 Å². The second kappa shape index (κ2) is 4.50. The molecular weight excluding hydrogens is 236 g/mol. The van der Waals surface area contributed by atoms with Gasteiger partial charge in [-0.15, -0.1) is 0 Å². The Labute approximate surface area is 115 Å². The molecule has 0 aliphatic carbocycles. The lowest BCUT2D eigenvalue weighted by atomic mass is 9.96. The molecule has 0 amide bonds. The molecule has 3 rings (SSSR count). The fourth-order valence-electron chi connectivity index (χ4n) is 3.48. The van der Waals surface area contributed by atoms with E-state index in [1.54, 1.807) is 0 Å². The van der Waals surface area contributed by atoms with E-state index in [9.17, 15) is 0 Å². The van der Waals surface area contributed by atoms with Crippen LogP contribution in [0, 0.1) is 5.92 Å². The molecule has 2 heterocycles. The molecule has 2 N–H and O–H groups in total. The molecular formula is C16H24N2O. The van der Waals surface area contributed by atoms with Crippen LogP contribution in [-0.2, 0) is 6.42 Å². The van der Waals surface area contributed by atoms with Gasteiger partial charge in [-0.2, -0.15) is 0 Å². The molecule has 1 fully saturated rings. The molecule has 3 heteroatoms. The zero-order chi connectivity index (χ0) is 13.6. The van der Waals surface area contributed by atoms with E-state index in [1.165, 1.54) is 11.1 Å². The number of rotatable bonds is 2. The Morgan fingerprint density at radius 3 is 2.89 bits per heavy atom. The van der Waals surface area contributed by atoms with E-state index in [0.29, 0.717) is 12.0 Å². The van der Waals surface area contributed by atoms with Crippen LogP contribution in [0.25, 0.3) is 0 Å². The van der Waals surface area contributed by atoms with Gasteiger partial charge in [0.15, 0.2) is 0 Å². The SMILES string of the molecule is CN1CC(CN)CC1c1ccc2c(c1)OC(C)(C)C2. The van der Waals surface area contributed by atoms with Gasteiger partial charge in [0.2, 0.25) is 0 Å². The van der Waals surface area contributed by atoms with Gasteiger partial charge in [0.1, 0.15) is 11.4 Å². The molecule has 2 unspecified atom stereocenters. The van der Waals surface area contributed by atoms with Crippen LogP contribution >= 0.6 is 0 Å². The summed E-state index contributed by atoms with van der Waals surface area (Å²) >= 11 is 0. The Hall–Kier alpha value is -1.06. The number of fused-ring (bicyclic) bond motifs is 1. The first-order valence-electron chi connectivity index (χ1n) is 7.20. The highest BCUT2D eigenvalue weighted by molar-refractivity contribution is 5.43. The van der Waals surface area contributed by atoms with Gasteiger partial charge in [-0.3, -0.25) is 4.90 Å². The smallest absolute Gasteiger partial charge is 0.123 e. The van der Waals surface area contributed by atoms with Gasteiger partial charge in [-0.25, -0.2) is 0 Å². The summed E-state index contributed by atoms with van der Waals surface area (Å²) < 4.78 is 6.04. The third-order valence-electron chi connectivity index (χ3n) is 4.45. The Morgan fingerprint density at radius 2 is 2.21 bits per heavy atom. The molecule has 2 aliphatic rings. The number of likely N-dealkylation sites (tertiary alicyclic amines) is 1. The average Bonchev–Trinajstić information content (AvgIpc) is 2.86. The Bertz CT molecular complexity index is 484. The van der Waals surface area contributed by atoms with Crippen LogP contribution in [0.5, 0.6) is 5.75 Å². The van der Waals surface area contributed by atoms with E-state index in [0.717, 1.165) is 31.7 Å². The minimum atomic E-state index is -0.0532. The van der Waals surface area contributed by atoms with Gasteiger partial charge in [0, 0.05) is 19.0 Å². The molecule has 0 saturated carbocycles. The Balaban J connectivity index is 1.84. The molecule has 1 aromatic carbocycles. The first kappa shape index (κ1) is 12.9. The molecule has 2 atom stereocenters. The molecule has 0 bridgehead atoms. The van der Waals surface area contributed by atoms with Crippen molar-refractivity contribution in [3.05, 3.63) is 29.3 Å². The third-order valence-corrected chi connectivity index (χ3v) is 4.45. The fourth-order valence-corrected chi connectivity index (χ4v) is 3.48. The molecule has 104 valence electrons. The van der Waals surface area contributed by atoms with Crippen molar-refractivity contribution in [2.75, 3.05) is 20.1 Å². The van der Waals surface area contributed by atoms with Crippen LogP contribution in [0.2, 0.25) is 0 Å². The van der Waals surface area contributed by atoms with Crippen LogP contribution in [0.1, 0.15) is 37.4 Å². The Morgan fingerprint density at radius 1 is 1.42 bits per heavy atom. The summed E-state index contributed by atoms with van der Waals surface area (Å²) in [5.74, 6) is 1.70. The van der Waals surface area contributed by atoms with Crippen molar-refractivity contribution in [2.24, 2.45) is 11.7 Å². The van der Waals surface area contributed by atoms with Crippen LogP contribution in [-0.4, -0.2) is 30.6 Å². The summed E-state index contributed by atoms with van der Waals surface area (Å²) in [5.41, 5.74) is 8.47. The van der Waals surface area contributed by atoms with E-state index >= 15 is 0 Å². The predicted octanol–water partition coefficient (Wildman–Crippen LogP) is 2.35. The second-order valence-electron chi connectivity index (χ2n) is 6.70. The molecule has 1 aromatic rings. The van der Waals surface area contributed by atoms with Crippen molar-refractivity contribution in [3.8, 4) is 5.75 Å². The van der Waals surface area contributed by atoms with Crippen LogP contribution in [0.4, 0.5) is 0 Å². The van der Waals surface area contributed by atoms with Crippen molar-refractivity contribution in [1.82, 2.24) is 4.90 Å². The van der Waals surface area contributed by atoms with E-state index in [-0.39, 0.29) is 5.60 Å². The monoisotopic (exact) mass is 260 g/mol. The zero-order valence-corrected chi connectivity index (χ0v) is 12.1. The lowest BCUT2D eigenvalue weighted by Gasteiger charge is -2.20. The molecule has 0 radical (unpaired) electrons. The zero-order valence-electron chi connectivity index (χ0n) is 12.1. The lowest BCUT2D eigenvalue weighted by molar-refractivity contribution is 0.138. The number of nitrogens with zero attached hydrogens (tertiary/aromatic N) is 1. The first-order valence-corrected chi connectivity index (χ1v) is 7.20. The van der Waals surface area contributed by atoms with Gasteiger partial charge in [-0.1, -0.05) is 12.1 Å². The molecule has 3 nitrogen and oxygen atoms in total. The van der Waals surface area contributed by atoms with E-state index in [2.05, 4.69) is 44.0 Å². The van der Waals surface area contributed by atoms with Crippen molar-refractivity contribution in [1.29, 1.82) is 0 Å². The van der Waals surface area contributed by atoms with Gasteiger partial charge in [-0.05, 0) is 57.0 Å². The standard InChI is InChI=1S/C16H24N2O/c1-16(2)8-13-5-4-12(7-15(13)19-16)14-6-11(9-17)10-18(14)3/h4-5,7,11,14H,6,8-10,17H2,1-3H3. The average molecular weight is 260 g/mol. The highest BCUT2D eigenvalue weighted by Gasteiger charge is 2.33. The predicted molar refractivity (Wildman–Crippen MR) is 77.4 cm³/mol. The summed E-state index contributed by atoms with van der Waals surface area (Å²) in [6.07, 6.45) is 2.17. The van der Waals surface area contributed by atoms with E-state index < -0.39 is 0 Å². The largest absolute Gasteiger partial charge is 0.487 e. The van der Waals surface area contributed by atoms with Crippen LogP contribution in [0.15, 0.2) is 18.2 Å². The molecule has 19 heavy (non-hydrogen) atoms. The third kappa shape index (κ3) is 2.37. The van der Waals surface area contributed by atoms with E-state index in [4.69, 9.17) is 10.5 Å². The summed E-state index contributed by atoms with van der Waals surface area (Å²) in [6, 6.07) is 7.24. The maximum atomic E-state index is 6.04. The summed E-state index contributed by atoms with van der Waals surface area (Å²) in [6.45, 7) is 6.19. The normalized spacial score (nSPS) is 29.3. The highest BCUT2D eigenvalue weighted by atomic mass is 16.5. The molecule has 1 saturated heterocycles. The van der Waals surface area contributed by atoms with Gasteiger partial charge in [0.25, 0.3) is 0 Å². The summed E-state index contributed by atoms with van der Waals surface area (Å²) in [7, 11) is 2.19. The second-order valence-corrected chi connectivity index (χ2v) is 6.70. The highest BCUT2D eigenvalue weighted by Crippen LogP contribution is 2.40. The number of hydrogen-bond acceptors (Lipinski definition) is 3. The minimum absolute atomic E-state index is 0.0532. The topological polar surface area (TPSA) is 38.5 Å². The maximum absolute atomic E-state index is 6.04. The quantitative estimate of drug-likeness (QED) is 0.887. The van der Waals surface area contributed by atoms with Crippen LogP contribution in [0.3, 0.4) is 0 Å². The number of nitrogens with two attached hydrogens (primary N) is 1. The van der Waals surface area contributed by atoms with Crippen molar-refractivity contribution >= 4 is 0 Å². The Kier molecular flexibility index (Phi) is 3.06. The molecule has 2 aliphatic heterocycles. The van der Waals surface area contributed by atoms with Crippen molar-refractivity contribution in [2.45, 2.75) is 38.3 Å². The summed E-state index contributed by atoms with van der Waals surface area (Å²) in [5, 5.41) is 0. The van der Waals surface area contributed by atoms with Gasteiger partial charge >= 0.3 is 0 Å². The number of ether oxygens (including phenoxy) is 1. The summed E-state index contributed by atoms with van der Waals surface area (Å²) in [4.78, 5) is 2.42. The molecule has 0 aromatic heterocycles. The van der Waals surface area contributed by atoms with E-state index in [1.807, 2.05) is 0 Å². The fraction of sp³-hybridized carbons (Fsp3) is 0.625. The number of benzene rings is 1. The van der Waals surface area contributed by atoms with Crippen LogP contribution < -0.4 is 10.5 Å². The van der Waals surface area contributed by atoms with Crippen molar-refractivity contribution in [3.63, 3.8) is 0 Å². The number of hydrogen-bond donors (Lipinski definition) is 1. The first-order chi connectivity index (χ1) is 8.98.